The summed E-state index contributed by atoms with van der Waals surface area (Å²) in [5.74, 6) is -1.58. The molecule has 6 nitrogen and oxygen atoms in total. The molecule has 1 N–H and O–H groups in total. The number of hydrogen-bond acceptors (Lipinski definition) is 6. The molecule has 0 amide bonds. The lowest BCUT2D eigenvalue weighted by atomic mass is 9.83. The summed E-state index contributed by atoms with van der Waals surface area (Å²) in [7, 11) is 2.83. The zero-order valence-corrected chi connectivity index (χ0v) is 18.1. The van der Waals surface area contributed by atoms with Crippen molar-refractivity contribution in [3.05, 3.63) is 82.6 Å². The Bertz CT molecular complexity index is 1050. The first-order valence-electron chi connectivity index (χ1n) is 9.92. The highest BCUT2D eigenvalue weighted by Crippen LogP contribution is 2.42. The number of cyclic esters (lactones) is 1. The van der Waals surface area contributed by atoms with Gasteiger partial charge in [-0.3, -0.25) is 0 Å². The first-order valence-corrected chi connectivity index (χ1v) is 9.92. The number of hydrogen-bond donors (Lipinski definition) is 1. The molecule has 0 radical (unpaired) electrons. The number of ether oxygens (including phenoxy) is 3. The molecule has 2 aromatic rings. The second-order valence-corrected chi connectivity index (χ2v) is 7.61. The van der Waals surface area contributed by atoms with E-state index in [0.717, 1.165) is 16.9 Å². The quantitative estimate of drug-likeness (QED) is 0.532. The third-order valence-corrected chi connectivity index (χ3v) is 5.21. The van der Waals surface area contributed by atoms with Gasteiger partial charge in [0.15, 0.2) is 0 Å². The molecule has 2 aromatic carbocycles. The van der Waals surface area contributed by atoms with Crippen molar-refractivity contribution in [2.24, 2.45) is 0 Å². The van der Waals surface area contributed by atoms with Gasteiger partial charge in [0.1, 0.15) is 5.75 Å². The van der Waals surface area contributed by atoms with Crippen LogP contribution >= 0.6 is 0 Å². The van der Waals surface area contributed by atoms with Crippen molar-refractivity contribution < 1.29 is 28.9 Å². The molecule has 1 aliphatic rings. The Morgan fingerprint density at radius 2 is 1.84 bits per heavy atom. The van der Waals surface area contributed by atoms with Gasteiger partial charge in [0, 0.05) is 6.42 Å². The molecule has 1 aliphatic heterocycles. The highest BCUT2D eigenvalue weighted by atomic mass is 16.6. The Balaban J connectivity index is 2.11. The van der Waals surface area contributed by atoms with Gasteiger partial charge in [-0.05, 0) is 43.0 Å². The SMILES string of the molecule is COC(=O)C1(Cc2ccc(OC)c(CC=C(C)C)c2)OC(=O)C(O)=C1c1ccccc1. The molecule has 3 rings (SSSR count). The predicted octanol–water partition coefficient (Wildman–Crippen LogP) is 4.18. The summed E-state index contributed by atoms with van der Waals surface area (Å²) in [5.41, 5.74) is 1.66. The highest BCUT2D eigenvalue weighted by Gasteiger charge is 2.55. The van der Waals surface area contributed by atoms with E-state index in [9.17, 15) is 14.7 Å². The smallest absolute Gasteiger partial charge is 0.375 e. The van der Waals surface area contributed by atoms with E-state index in [1.807, 2.05) is 26.0 Å². The average Bonchev–Trinajstić information content (AvgIpc) is 3.02. The van der Waals surface area contributed by atoms with Crippen molar-refractivity contribution in [1.29, 1.82) is 0 Å². The van der Waals surface area contributed by atoms with Gasteiger partial charge in [-0.2, -0.15) is 0 Å². The summed E-state index contributed by atoms with van der Waals surface area (Å²) in [6.45, 7) is 4.03. The topological polar surface area (TPSA) is 82.1 Å². The largest absolute Gasteiger partial charge is 0.502 e. The first-order chi connectivity index (χ1) is 14.8. The van der Waals surface area contributed by atoms with Crippen LogP contribution in [-0.4, -0.2) is 36.9 Å². The van der Waals surface area contributed by atoms with Gasteiger partial charge in [-0.1, -0.05) is 54.1 Å². The number of esters is 2. The average molecular weight is 422 g/mol. The summed E-state index contributed by atoms with van der Waals surface area (Å²) < 4.78 is 16.0. The number of aliphatic hydroxyl groups is 1. The lowest BCUT2D eigenvalue weighted by Crippen LogP contribution is -2.44. The second kappa shape index (κ2) is 9.08. The van der Waals surface area contributed by atoms with Crippen LogP contribution in [0.1, 0.15) is 30.5 Å². The lowest BCUT2D eigenvalue weighted by molar-refractivity contribution is -0.169. The van der Waals surface area contributed by atoms with Crippen molar-refractivity contribution in [1.82, 2.24) is 0 Å². The van der Waals surface area contributed by atoms with Gasteiger partial charge in [-0.15, -0.1) is 0 Å². The molecular formula is C25H26O6. The van der Waals surface area contributed by atoms with E-state index in [4.69, 9.17) is 14.2 Å². The van der Waals surface area contributed by atoms with E-state index in [0.29, 0.717) is 12.0 Å². The molecule has 1 unspecified atom stereocenters. The van der Waals surface area contributed by atoms with Gasteiger partial charge < -0.3 is 19.3 Å². The molecule has 0 saturated carbocycles. The predicted molar refractivity (Wildman–Crippen MR) is 117 cm³/mol. The van der Waals surface area contributed by atoms with Gasteiger partial charge in [-0.25, -0.2) is 9.59 Å². The summed E-state index contributed by atoms with van der Waals surface area (Å²) in [6, 6.07) is 14.3. The van der Waals surface area contributed by atoms with Crippen LogP contribution in [0.5, 0.6) is 5.75 Å². The maximum absolute atomic E-state index is 13.0. The third kappa shape index (κ3) is 4.33. The molecule has 0 spiro atoms. The highest BCUT2D eigenvalue weighted by molar-refractivity contribution is 6.11. The van der Waals surface area contributed by atoms with Crippen molar-refractivity contribution in [2.45, 2.75) is 32.3 Å². The second-order valence-electron chi connectivity index (χ2n) is 7.61. The molecule has 31 heavy (non-hydrogen) atoms. The number of benzene rings is 2. The number of allylic oxidation sites excluding steroid dienone is 2. The molecule has 0 bridgehead atoms. The zero-order chi connectivity index (χ0) is 22.6. The van der Waals surface area contributed by atoms with Crippen LogP contribution < -0.4 is 4.74 Å². The van der Waals surface area contributed by atoms with Crippen LogP contribution in [0.4, 0.5) is 0 Å². The number of rotatable bonds is 7. The number of aliphatic hydroxyl groups excluding tert-OH is 1. The molecule has 6 heteroatoms. The first kappa shape index (κ1) is 22.2. The van der Waals surface area contributed by atoms with Gasteiger partial charge >= 0.3 is 11.9 Å². The Morgan fingerprint density at radius 3 is 2.45 bits per heavy atom. The normalized spacial score (nSPS) is 17.9. The molecular weight excluding hydrogens is 396 g/mol. The van der Waals surface area contributed by atoms with E-state index in [1.54, 1.807) is 43.5 Å². The maximum Gasteiger partial charge on any atom is 0.375 e. The van der Waals surface area contributed by atoms with Crippen LogP contribution in [0.2, 0.25) is 0 Å². The molecule has 0 aromatic heterocycles. The van der Waals surface area contributed by atoms with E-state index < -0.39 is 23.3 Å². The number of carbonyl (C=O) groups excluding carboxylic acids is 2. The molecule has 0 aliphatic carbocycles. The van der Waals surface area contributed by atoms with Crippen LogP contribution in [0, 0.1) is 0 Å². The maximum atomic E-state index is 13.0. The zero-order valence-electron chi connectivity index (χ0n) is 18.1. The molecule has 0 fully saturated rings. The van der Waals surface area contributed by atoms with Crippen molar-refractivity contribution in [3.8, 4) is 5.75 Å². The fourth-order valence-corrected chi connectivity index (χ4v) is 3.73. The van der Waals surface area contributed by atoms with Crippen LogP contribution in [0.3, 0.4) is 0 Å². The lowest BCUT2D eigenvalue weighted by Gasteiger charge is -2.28. The van der Waals surface area contributed by atoms with Crippen LogP contribution in [0.15, 0.2) is 65.9 Å². The molecule has 1 heterocycles. The van der Waals surface area contributed by atoms with Crippen molar-refractivity contribution >= 4 is 17.5 Å². The third-order valence-electron chi connectivity index (χ3n) is 5.21. The Morgan fingerprint density at radius 1 is 1.13 bits per heavy atom. The van der Waals surface area contributed by atoms with Gasteiger partial charge in [0.25, 0.3) is 0 Å². The summed E-state index contributed by atoms with van der Waals surface area (Å²) in [4.78, 5) is 25.3. The minimum absolute atomic E-state index is 0.00547. The molecule has 1 atom stereocenters. The fourth-order valence-electron chi connectivity index (χ4n) is 3.73. The molecule has 162 valence electrons. The monoisotopic (exact) mass is 422 g/mol. The Labute approximate surface area is 181 Å². The minimum atomic E-state index is -1.79. The van der Waals surface area contributed by atoms with Crippen molar-refractivity contribution in [2.75, 3.05) is 14.2 Å². The Kier molecular flexibility index (Phi) is 6.49. The van der Waals surface area contributed by atoms with E-state index in [-0.39, 0.29) is 12.0 Å². The van der Waals surface area contributed by atoms with E-state index in [2.05, 4.69) is 6.08 Å². The fraction of sp³-hybridized carbons (Fsp3) is 0.280. The Hall–Kier alpha value is -3.54. The van der Waals surface area contributed by atoms with Crippen LogP contribution in [-0.2, 0) is 31.9 Å². The van der Waals surface area contributed by atoms with Crippen molar-refractivity contribution in [3.63, 3.8) is 0 Å². The summed E-state index contributed by atoms with van der Waals surface area (Å²) in [5, 5.41) is 10.5. The standard InChI is InChI=1S/C25H26O6/c1-16(2)10-12-19-14-17(11-13-20(19)29-3)15-25(24(28)30-4)21(22(26)23(27)31-25)18-8-6-5-7-9-18/h5-11,13-14,26H,12,15H2,1-4H3. The number of methoxy groups -OCH3 is 2. The minimum Gasteiger partial charge on any atom is -0.502 e. The van der Waals surface area contributed by atoms with Gasteiger partial charge in [0.2, 0.25) is 11.4 Å². The number of carbonyl (C=O) groups is 2. The van der Waals surface area contributed by atoms with E-state index >= 15 is 0 Å². The van der Waals surface area contributed by atoms with Crippen LogP contribution in [0.25, 0.3) is 5.57 Å². The summed E-state index contributed by atoms with van der Waals surface area (Å²) in [6.07, 6.45) is 2.73. The van der Waals surface area contributed by atoms with E-state index in [1.165, 1.54) is 12.7 Å². The molecule has 0 saturated heterocycles. The van der Waals surface area contributed by atoms with Gasteiger partial charge in [0.05, 0.1) is 19.8 Å². The summed E-state index contributed by atoms with van der Waals surface area (Å²) >= 11 is 0.